The van der Waals surface area contributed by atoms with Crippen molar-refractivity contribution in [2.45, 2.75) is 23.9 Å². The van der Waals surface area contributed by atoms with Gasteiger partial charge in [-0.2, -0.15) is 0 Å². The molecule has 2 N–H and O–H groups in total. The molecule has 6 heteroatoms. The van der Waals surface area contributed by atoms with Crippen molar-refractivity contribution in [3.63, 3.8) is 0 Å². The predicted molar refractivity (Wildman–Crippen MR) is 199 cm³/mol. The van der Waals surface area contributed by atoms with Crippen LogP contribution in [0, 0.1) is 0 Å². The lowest BCUT2D eigenvalue weighted by Gasteiger charge is -2.39. The number of hydrogen-bond donors (Lipinski definition) is 2. The molecule has 0 aliphatic heterocycles. The maximum absolute atomic E-state index is 14.4. The Hall–Kier alpha value is -6.24. The first-order chi connectivity index (χ1) is 25.1. The molecular weight excluding hydrogens is 633 g/mol. The number of benzene rings is 6. The summed E-state index contributed by atoms with van der Waals surface area (Å²) in [6.45, 7) is 0.0443. The maximum atomic E-state index is 14.4. The number of para-hydroxylation sites is 1. The highest BCUT2D eigenvalue weighted by Gasteiger charge is 2.41. The third-order valence-electron chi connectivity index (χ3n) is 9.91. The second-order valence-corrected chi connectivity index (χ2v) is 12.8. The summed E-state index contributed by atoms with van der Waals surface area (Å²) in [6.07, 6.45) is 1.13. The molecule has 1 heterocycles. The van der Waals surface area contributed by atoms with Gasteiger partial charge in [0.2, 0.25) is 0 Å². The van der Waals surface area contributed by atoms with E-state index in [1.807, 2.05) is 146 Å². The van der Waals surface area contributed by atoms with Crippen molar-refractivity contribution in [1.82, 2.24) is 10.3 Å². The van der Waals surface area contributed by atoms with E-state index in [1.165, 1.54) is 0 Å². The van der Waals surface area contributed by atoms with E-state index < -0.39 is 23.7 Å². The number of esters is 1. The molecule has 0 saturated carbocycles. The van der Waals surface area contributed by atoms with Crippen molar-refractivity contribution < 1.29 is 19.1 Å². The van der Waals surface area contributed by atoms with Crippen LogP contribution in [0.3, 0.4) is 0 Å². The Morgan fingerprint density at radius 2 is 1.12 bits per heavy atom. The van der Waals surface area contributed by atoms with Gasteiger partial charge in [0.05, 0.1) is 5.54 Å². The van der Waals surface area contributed by atoms with Crippen molar-refractivity contribution in [3.8, 4) is 11.1 Å². The Kier molecular flexibility index (Phi) is 8.74. The number of fused-ring (bicyclic) bond motifs is 4. The Bertz CT molecular complexity index is 2160. The number of ether oxygens (including phenoxy) is 2. The van der Waals surface area contributed by atoms with Crippen LogP contribution < -0.4 is 5.32 Å². The Balaban J connectivity index is 1.14. The molecule has 0 saturated heterocycles. The molecule has 6 aromatic carbocycles. The molecule has 1 atom stereocenters. The largest absolute Gasteiger partial charge is 0.516 e. The van der Waals surface area contributed by atoms with Crippen LogP contribution in [0.4, 0.5) is 4.79 Å². The van der Waals surface area contributed by atoms with Gasteiger partial charge in [0, 0.05) is 29.4 Å². The maximum Gasteiger partial charge on any atom is 0.516 e. The summed E-state index contributed by atoms with van der Waals surface area (Å²) in [5.74, 6) is -0.897. The molecule has 0 fully saturated rings. The van der Waals surface area contributed by atoms with Crippen molar-refractivity contribution in [3.05, 3.63) is 203 Å². The lowest BCUT2D eigenvalue weighted by Crippen LogP contribution is -2.54. The van der Waals surface area contributed by atoms with Crippen LogP contribution in [-0.2, 0) is 26.2 Å². The number of rotatable bonds is 10. The van der Waals surface area contributed by atoms with E-state index in [9.17, 15) is 9.59 Å². The van der Waals surface area contributed by atoms with Gasteiger partial charge in [-0.15, -0.1) is 0 Å². The van der Waals surface area contributed by atoms with Gasteiger partial charge in [-0.1, -0.05) is 158 Å². The van der Waals surface area contributed by atoms with E-state index in [-0.39, 0.29) is 18.9 Å². The van der Waals surface area contributed by atoms with Crippen LogP contribution in [0.2, 0.25) is 0 Å². The minimum Gasteiger partial charge on any atom is -0.433 e. The van der Waals surface area contributed by atoms with E-state index >= 15 is 0 Å². The number of nitrogens with one attached hydrogen (secondary N) is 2. The van der Waals surface area contributed by atoms with Gasteiger partial charge in [-0.05, 0) is 50.6 Å². The fraction of sp³-hybridized carbons (Fsp3) is 0.111. The van der Waals surface area contributed by atoms with E-state index in [4.69, 9.17) is 9.47 Å². The summed E-state index contributed by atoms with van der Waals surface area (Å²) in [6, 6.07) is 53.4. The number of carbonyl (C=O) groups excluding carboxylic acids is 2. The molecule has 7 aromatic rings. The van der Waals surface area contributed by atoms with E-state index in [2.05, 4.69) is 34.6 Å². The number of hydrogen-bond acceptors (Lipinski definition) is 5. The van der Waals surface area contributed by atoms with Gasteiger partial charge in [-0.3, -0.25) is 5.32 Å². The molecule has 6 nitrogen and oxygen atoms in total. The molecule has 0 unspecified atom stereocenters. The Labute approximate surface area is 296 Å². The molecule has 1 aromatic heterocycles. The third kappa shape index (κ3) is 6.11. The summed E-state index contributed by atoms with van der Waals surface area (Å²) in [5, 5.41) is 4.74. The van der Waals surface area contributed by atoms with Gasteiger partial charge in [0.15, 0.2) is 0 Å². The quantitative estimate of drug-likeness (QED) is 0.0863. The van der Waals surface area contributed by atoms with Gasteiger partial charge < -0.3 is 14.5 Å². The lowest BCUT2D eigenvalue weighted by atomic mass is 9.76. The number of carbonyl (C=O) groups is 2. The first-order valence-corrected chi connectivity index (χ1v) is 17.2. The van der Waals surface area contributed by atoms with Gasteiger partial charge >= 0.3 is 12.1 Å². The standard InChI is InChI=1S/C45H36N2O4/c48-43(51-44(49)50-30-40-38-25-12-10-23-36(38)37-24-11-13-26-39(37)40)42(28-31-29-46-41-27-15-14-22-35(31)41)47-45(32-16-4-1-5-17-32,33-18-6-2-7-19-33)34-20-8-3-9-21-34/h1-27,29,40,42,46-47H,28,30H2/t42-/m0/s1. The van der Waals surface area contributed by atoms with Crippen molar-refractivity contribution in [2.75, 3.05) is 6.61 Å². The number of aromatic amines is 1. The molecule has 51 heavy (non-hydrogen) atoms. The molecular formula is C45H36N2O4. The average molecular weight is 669 g/mol. The second kappa shape index (κ2) is 13.9. The fourth-order valence-electron chi connectivity index (χ4n) is 7.56. The van der Waals surface area contributed by atoms with E-state index in [1.54, 1.807) is 0 Å². The molecule has 0 bridgehead atoms. The Morgan fingerprint density at radius 3 is 1.69 bits per heavy atom. The molecule has 0 radical (unpaired) electrons. The van der Waals surface area contributed by atoms with Crippen LogP contribution in [0.25, 0.3) is 22.0 Å². The topological polar surface area (TPSA) is 80.4 Å². The van der Waals surface area contributed by atoms with Gasteiger partial charge in [0.25, 0.3) is 0 Å². The summed E-state index contributed by atoms with van der Waals surface area (Å²) >= 11 is 0. The first kappa shape index (κ1) is 32.0. The first-order valence-electron chi connectivity index (χ1n) is 17.2. The summed E-state index contributed by atoms with van der Waals surface area (Å²) in [7, 11) is 0. The summed E-state index contributed by atoms with van der Waals surface area (Å²) in [5.41, 5.74) is 8.07. The molecule has 1 aliphatic rings. The van der Waals surface area contributed by atoms with E-state index in [0.29, 0.717) is 0 Å². The fourth-order valence-corrected chi connectivity index (χ4v) is 7.56. The second-order valence-electron chi connectivity index (χ2n) is 12.8. The van der Waals surface area contributed by atoms with Crippen LogP contribution in [0.1, 0.15) is 39.3 Å². The predicted octanol–water partition coefficient (Wildman–Crippen LogP) is 9.15. The zero-order valence-electron chi connectivity index (χ0n) is 27.9. The summed E-state index contributed by atoms with van der Waals surface area (Å²) in [4.78, 5) is 31.1. The Morgan fingerprint density at radius 1 is 0.627 bits per heavy atom. The minimum atomic E-state index is -1.03. The smallest absolute Gasteiger partial charge is 0.433 e. The van der Waals surface area contributed by atoms with Crippen molar-refractivity contribution >= 4 is 23.0 Å². The van der Waals surface area contributed by atoms with Crippen molar-refractivity contribution in [2.24, 2.45) is 0 Å². The SMILES string of the molecule is O=C(OCC1c2ccccc2-c2ccccc21)OC(=O)[C@H](Cc1c[nH]c2ccccc12)NC(c1ccccc1)(c1ccccc1)c1ccccc1. The van der Waals surface area contributed by atoms with Crippen molar-refractivity contribution in [1.29, 1.82) is 0 Å². The van der Waals surface area contributed by atoms with Gasteiger partial charge in [0.1, 0.15) is 12.6 Å². The number of aromatic nitrogens is 1. The highest BCUT2D eigenvalue weighted by molar-refractivity contribution is 5.88. The normalized spacial score (nSPS) is 12.9. The molecule has 0 amide bonds. The van der Waals surface area contributed by atoms with E-state index in [0.717, 1.165) is 55.4 Å². The van der Waals surface area contributed by atoms with Crippen LogP contribution in [0.5, 0.6) is 0 Å². The molecule has 8 rings (SSSR count). The molecule has 0 spiro atoms. The van der Waals surface area contributed by atoms with Crippen LogP contribution >= 0.6 is 0 Å². The summed E-state index contributed by atoms with van der Waals surface area (Å²) < 4.78 is 11.3. The van der Waals surface area contributed by atoms with Crippen LogP contribution in [0.15, 0.2) is 170 Å². The monoisotopic (exact) mass is 668 g/mol. The van der Waals surface area contributed by atoms with Crippen LogP contribution in [-0.4, -0.2) is 29.8 Å². The number of H-pyrrole nitrogens is 1. The average Bonchev–Trinajstić information content (AvgIpc) is 3.75. The minimum absolute atomic E-state index is 0.0443. The highest BCUT2D eigenvalue weighted by atomic mass is 16.7. The zero-order valence-corrected chi connectivity index (χ0v) is 27.9. The zero-order chi connectivity index (χ0) is 34.6. The molecule has 250 valence electrons. The van der Waals surface area contributed by atoms with Gasteiger partial charge in [-0.25, -0.2) is 9.59 Å². The lowest BCUT2D eigenvalue weighted by molar-refractivity contribution is -0.142. The molecule has 1 aliphatic carbocycles. The third-order valence-corrected chi connectivity index (χ3v) is 9.91. The highest BCUT2D eigenvalue weighted by Crippen LogP contribution is 2.44.